The van der Waals surface area contributed by atoms with Crippen LogP contribution in [0.15, 0.2) is 0 Å². The van der Waals surface area contributed by atoms with Crippen molar-refractivity contribution in [2.75, 3.05) is 12.3 Å². The first-order valence-corrected chi connectivity index (χ1v) is 6.67. The average Bonchev–Trinajstić information content (AvgIpc) is 2.78. The number of rotatable bonds is 5. The highest BCUT2D eigenvalue weighted by Gasteiger charge is 2.32. The number of aliphatic carboxylic acids is 1. The highest BCUT2D eigenvalue weighted by Crippen LogP contribution is 2.26. The molecule has 0 aromatic heterocycles. The van der Waals surface area contributed by atoms with Gasteiger partial charge in [-0.2, -0.15) is 0 Å². The van der Waals surface area contributed by atoms with Crippen molar-refractivity contribution in [1.82, 2.24) is 5.32 Å². The van der Waals surface area contributed by atoms with Crippen molar-refractivity contribution < 1.29 is 14.7 Å². The van der Waals surface area contributed by atoms with Gasteiger partial charge in [-0.15, -0.1) is 11.8 Å². The Morgan fingerprint density at radius 2 is 2.25 bits per heavy atom. The van der Waals surface area contributed by atoms with Crippen LogP contribution >= 0.6 is 11.8 Å². The molecule has 1 amide bonds. The average molecular weight is 245 g/mol. The molecule has 1 aliphatic rings. The van der Waals surface area contributed by atoms with Gasteiger partial charge in [0.1, 0.15) is 0 Å². The van der Waals surface area contributed by atoms with E-state index in [1.54, 1.807) is 18.7 Å². The summed E-state index contributed by atoms with van der Waals surface area (Å²) in [6, 6.07) is 0. The molecule has 92 valence electrons. The molecule has 0 bridgehead atoms. The first-order valence-electron chi connectivity index (χ1n) is 5.62. The number of hydrogen-bond donors (Lipinski definition) is 2. The topological polar surface area (TPSA) is 66.4 Å². The standard InChI is InChI=1S/C11H19NO3S/c1-3-11(2,10(14)15)7-12-9(13)8-5-4-6-16-8/h8H,3-7H2,1-2H3,(H,12,13)(H,14,15). The molecule has 1 aliphatic heterocycles. The van der Waals surface area contributed by atoms with E-state index in [2.05, 4.69) is 5.32 Å². The van der Waals surface area contributed by atoms with Gasteiger partial charge >= 0.3 is 5.97 Å². The molecular weight excluding hydrogens is 226 g/mol. The molecular formula is C11H19NO3S. The number of carboxylic acid groups (broad SMARTS) is 1. The van der Waals surface area contributed by atoms with Crippen LogP contribution in [0.4, 0.5) is 0 Å². The van der Waals surface area contributed by atoms with Gasteiger partial charge in [0.25, 0.3) is 0 Å². The minimum atomic E-state index is -0.852. The fraction of sp³-hybridized carbons (Fsp3) is 0.818. The lowest BCUT2D eigenvalue weighted by Crippen LogP contribution is -2.43. The number of thioether (sulfide) groups is 1. The maximum atomic E-state index is 11.7. The molecule has 5 heteroatoms. The first kappa shape index (κ1) is 13.4. The molecule has 0 aromatic rings. The normalized spacial score (nSPS) is 23.8. The summed E-state index contributed by atoms with van der Waals surface area (Å²) in [5, 5.41) is 11.8. The van der Waals surface area contributed by atoms with E-state index >= 15 is 0 Å². The van der Waals surface area contributed by atoms with E-state index in [0.717, 1.165) is 18.6 Å². The molecule has 1 fully saturated rings. The summed E-state index contributed by atoms with van der Waals surface area (Å²) in [6.07, 6.45) is 2.50. The minimum absolute atomic E-state index is 0.0107. The lowest BCUT2D eigenvalue weighted by atomic mass is 9.87. The second-order valence-corrected chi connectivity index (χ2v) is 5.75. The van der Waals surface area contributed by atoms with Gasteiger partial charge in [0, 0.05) is 6.54 Å². The molecule has 0 aromatic carbocycles. The van der Waals surface area contributed by atoms with E-state index in [4.69, 9.17) is 5.11 Å². The smallest absolute Gasteiger partial charge is 0.311 e. The third-order valence-corrected chi connectivity index (χ3v) is 4.55. The molecule has 0 saturated carbocycles. The number of carboxylic acids is 1. The van der Waals surface area contributed by atoms with E-state index in [1.807, 2.05) is 6.92 Å². The molecule has 4 nitrogen and oxygen atoms in total. The second kappa shape index (κ2) is 5.57. The Morgan fingerprint density at radius 1 is 1.56 bits per heavy atom. The van der Waals surface area contributed by atoms with Crippen molar-refractivity contribution in [3.8, 4) is 0 Å². The molecule has 2 N–H and O–H groups in total. The van der Waals surface area contributed by atoms with Gasteiger partial charge in [0.2, 0.25) is 5.91 Å². The third-order valence-electron chi connectivity index (χ3n) is 3.17. The van der Waals surface area contributed by atoms with Crippen LogP contribution in [0, 0.1) is 5.41 Å². The Morgan fingerprint density at radius 3 is 2.69 bits per heavy atom. The Balaban J connectivity index is 2.43. The van der Waals surface area contributed by atoms with Crippen LogP contribution in [-0.2, 0) is 9.59 Å². The highest BCUT2D eigenvalue weighted by atomic mass is 32.2. The van der Waals surface area contributed by atoms with Gasteiger partial charge in [0.05, 0.1) is 10.7 Å². The lowest BCUT2D eigenvalue weighted by Gasteiger charge is -2.24. The van der Waals surface area contributed by atoms with Crippen LogP contribution in [0.3, 0.4) is 0 Å². The van der Waals surface area contributed by atoms with E-state index in [1.165, 1.54) is 0 Å². The van der Waals surface area contributed by atoms with Crippen molar-refractivity contribution in [2.24, 2.45) is 5.41 Å². The number of carbonyl (C=O) groups is 2. The fourth-order valence-electron chi connectivity index (χ4n) is 1.53. The van der Waals surface area contributed by atoms with Crippen LogP contribution in [0.1, 0.15) is 33.1 Å². The highest BCUT2D eigenvalue weighted by molar-refractivity contribution is 8.00. The van der Waals surface area contributed by atoms with Crippen molar-refractivity contribution in [2.45, 2.75) is 38.4 Å². The molecule has 0 radical (unpaired) electrons. The quantitative estimate of drug-likeness (QED) is 0.770. The zero-order valence-electron chi connectivity index (χ0n) is 9.78. The molecule has 2 atom stereocenters. The fourth-order valence-corrected chi connectivity index (χ4v) is 2.72. The summed E-state index contributed by atoms with van der Waals surface area (Å²) >= 11 is 1.66. The summed E-state index contributed by atoms with van der Waals surface area (Å²) in [5.41, 5.74) is -0.848. The largest absolute Gasteiger partial charge is 0.481 e. The number of amides is 1. The predicted octanol–water partition coefficient (Wildman–Crippen LogP) is 1.50. The van der Waals surface area contributed by atoms with Crippen LogP contribution in [0.2, 0.25) is 0 Å². The van der Waals surface area contributed by atoms with E-state index in [0.29, 0.717) is 6.42 Å². The van der Waals surface area contributed by atoms with E-state index in [-0.39, 0.29) is 17.7 Å². The van der Waals surface area contributed by atoms with Crippen molar-refractivity contribution in [3.05, 3.63) is 0 Å². The first-order chi connectivity index (χ1) is 7.49. The zero-order chi connectivity index (χ0) is 12.2. The Hall–Kier alpha value is -0.710. The molecule has 2 unspecified atom stereocenters. The number of hydrogen-bond acceptors (Lipinski definition) is 3. The molecule has 0 aliphatic carbocycles. The summed E-state index contributed by atoms with van der Waals surface area (Å²) < 4.78 is 0. The third kappa shape index (κ3) is 3.14. The second-order valence-electron chi connectivity index (χ2n) is 4.44. The predicted molar refractivity (Wildman–Crippen MR) is 64.5 cm³/mol. The zero-order valence-corrected chi connectivity index (χ0v) is 10.6. The Kier molecular flexibility index (Phi) is 4.65. The van der Waals surface area contributed by atoms with Crippen molar-refractivity contribution in [3.63, 3.8) is 0 Å². The number of nitrogens with one attached hydrogen (secondary N) is 1. The van der Waals surface area contributed by atoms with Crippen LogP contribution in [0.5, 0.6) is 0 Å². The lowest BCUT2D eigenvalue weighted by molar-refractivity contribution is -0.148. The van der Waals surface area contributed by atoms with Gasteiger partial charge in [-0.3, -0.25) is 9.59 Å². The SMILES string of the molecule is CCC(C)(CNC(=O)C1CCCS1)C(=O)O. The van der Waals surface area contributed by atoms with Crippen molar-refractivity contribution in [1.29, 1.82) is 0 Å². The maximum absolute atomic E-state index is 11.7. The van der Waals surface area contributed by atoms with Crippen LogP contribution in [0.25, 0.3) is 0 Å². The summed E-state index contributed by atoms with van der Waals surface area (Å²) in [4.78, 5) is 22.7. The van der Waals surface area contributed by atoms with Gasteiger partial charge < -0.3 is 10.4 Å². The summed E-state index contributed by atoms with van der Waals surface area (Å²) in [6.45, 7) is 3.71. The summed E-state index contributed by atoms with van der Waals surface area (Å²) in [7, 11) is 0. The Bertz CT molecular complexity index is 276. The molecule has 1 heterocycles. The van der Waals surface area contributed by atoms with E-state index in [9.17, 15) is 9.59 Å². The molecule has 0 spiro atoms. The van der Waals surface area contributed by atoms with Crippen LogP contribution < -0.4 is 5.32 Å². The van der Waals surface area contributed by atoms with Gasteiger partial charge in [-0.1, -0.05) is 6.92 Å². The van der Waals surface area contributed by atoms with Gasteiger partial charge in [-0.25, -0.2) is 0 Å². The van der Waals surface area contributed by atoms with Crippen LogP contribution in [-0.4, -0.2) is 34.5 Å². The molecule has 1 saturated heterocycles. The van der Waals surface area contributed by atoms with Gasteiger partial charge in [-0.05, 0) is 31.9 Å². The molecule has 16 heavy (non-hydrogen) atoms. The monoisotopic (exact) mass is 245 g/mol. The number of carbonyl (C=O) groups excluding carboxylic acids is 1. The Labute approximate surface area is 100 Å². The summed E-state index contributed by atoms with van der Waals surface area (Å²) in [5.74, 6) is 0.167. The minimum Gasteiger partial charge on any atom is -0.481 e. The van der Waals surface area contributed by atoms with Gasteiger partial charge in [0.15, 0.2) is 0 Å². The molecule has 1 rings (SSSR count). The van der Waals surface area contributed by atoms with Crippen molar-refractivity contribution >= 4 is 23.6 Å². The maximum Gasteiger partial charge on any atom is 0.311 e. The van der Waals surface area contributed by atoms with E-state index < -0.39 is 11.4 Å².